The Morgan fingerprint density at radius 2 is 1.94 bits per heavy atom. The Balaban J connectivity index is 2.24. The highest BCUT2D eigenvalue weighted by atomic mass is 16.2. The third kappa shape index (κ3) is 4.39. The summed E-state index contributed by atoms with van der Waals surface area (Å²) >= 11 is 0. The molecule has 0 spiro atoms. The van der Waals surface area contributed by atoms with E-state index in [0.29, 0.717) is 12.1 Å². The molecule has 0 radical (unpaired) electrons. The molecule has 0 saturated carbocycles. The molecule has 1 aliphatic heterocycles. The summed E-state index contributed by atoms with van der Waals surface area (Å²) in [7, 11) is 0. The van der Waals surface area contributed by atoms with E-state index in [-0.39, 0.29) is 6.03 Å². The predicted octanol–water partition coefficient (Wildman–Crippen LogP) is 1.55. The van der Waals surface area contributed by atoms with Gasteiger partial charge in [-0.3, -0.25) is 0 Å². The van der Waals surface area contributed by atoms with Crippen molar-refractivity contribution in [3.05, 3.63) is 0 Å². The number of carbonyl (C=O) groups excluding carboxylic acids is 1. The van der Waals surface area contributed by atoms with Gasteiger partial charge < -0.3 is 16.0 Å². The molecule has 0 aliphatic carbocycles. The van der Waals surface area contributed by atoms with Crippen LogP contribution in [0.15, 0.2) is 0 Å². The molecule has 2 amide bonds. The largest absolute Gasteiger partial charge is 0.351 e. The van der Waals surface area contributed by atoms with Gasteiger partial charge >= 0.3 is 6.03 Å². The van der Waals surface area contributed by atoms with Gasteiger partial charge in [0.25, 0.3) is 0 Å². The van der Waals surface area contributed by atoms with Crippen molar-refractivity contribution < 1.29 is 4.79 Å². The third-order valence-electron chi connectivity index (χ3n) is 3.15. The van der Waals surface area contributed by atoms with Crippen LogP contribution in [0.4, 0.5) is 4.79 Å². The van der Waals surface area contributed by atoms with E-state index in [4.69, 9.17) is 5.73 Å². The lowest BCUT2D eigenvalue weighted by molar-refractivity contribution is 0.181. The number of amides is 2. The lowest BCUT2D eigenvalue weighted by Gasteiger charge is -2.33. The van der Waals surface area contributed by atoms with Crippen LogP contribution in [0.25, 0.3) is 0 Å². The van der Waals surface area contributed by atoms with E-state index in [1.807, 2.05) is 0 Å². The number of nitrogens with one attached hydrogen (secondary N) is 1. The molecule has 1 heterocycles. The number of primary amides is 1. The van der Waals surface area contributed by atoms with Gasteiger partial charge in [0.2, 0.25) is 0 Å². The van der Waals surface area contributed by atoms with Crippen LogP contribution in [0.5, 0.6) is 0 Å². The Labute approximate surface area is 98.6 Å². The monoisotopic (exact) mass is 227 g/mol. The zero-order chi connectivity index (χ0) is 12.1. The average Bonchev–Trinajstić information content (AvgIpc) is 2.16. The van der Waals surface area contributed by atoms with Gasteiger partial charge in [-0.15, -0.1) is 0 Å². The van der Waals surface area contributed by atoms with Crippen LogP contribution in [0, 0.1) is 5.92 Å². The number of urea groups is 1. The lowest BCUT2D eigenvalue weighted by Crippen LogP contribution is -2.48. The van der Waals surface area contributed by atoms with Gasteiger partial charge in [-0.1, -0.05) is 13.8 Å². The summed E-state index contributed by atoms with van der Waals surface area (Å²) in [5.74, 6) is 0.730. The van der Waals surface area contributed by atoms with E-state index in [0.717, 1.165) is 31.8 Å². The molecule has 0 bridgehead atoms. The minimum atomic E-state index is -0.284. The van der Waals surface area contributed by atoms with Crippen LogP contribution in [0.3, 0.4) is 0 Å². The second-order valence-electron chi connectivity index (χ2n) is 5.30. The van der Waals surface area contributed by atoms with E-state index in [1.54, 1.807) is 4.90 Å². The van der Waals surface area contributed by atoms with Gasteiger partial charge in [-0.2, -0.15) is 0 Å². The topological polar surface area (TPSA) is 58.4 Å². The molecule has 94 valence electrons. The molecule has 4 heteroatoms. The summed E-state index contributed by atoms with van der Waals surface area (Å²) in [6.07, 6.45) is 3.24. The molecule has 4 nitrogen and oxygen atoms in total. The highest BCUT2D eigenvalue weighted by molar-refractivity contribution is 5.72. The number of piperidine rings is 1. The van der Waals surface area contributed by atoms with Gasteiger partial charge in [-0.05, 0) is 32.1 Å². The molecule has 0 aromatic heterocycles. The Kier molecular flexibility index (Phi) is 5.06. The summed E-state index contributed by atoms with van der Waals surface area (Å²) < 4.78 is 0. The van der Waals surface area contributed by atoms with Gasteiger partial charge in [0.1, 0.15) is 0 Å². The molecule has 1 aliphatic rings. The smallest absolute Gasteiger partial charge is 0.314 e. The van der Waals surface area contributed by atoms with Gasteiger partial charge in [0.15, 0.2) is 0 Å². The van der Waals surface area contributed by atoms with Crippen molar-refractivity contribution in [2.45, 2.75) is 52.1 Å². The summed E-state index contributed by atoms with van der Waals surface area (Å²) in [6.45, 7) is 8.31. The Morgan fingerprint density at radius 1 is 1.38 bits per heavy atom. The second kappa shape index (κ2) is 6.09. The summed E-state index contributed by atoms with van der Waals surface area (Å²) in [6, 6.07) is 0.822. The van der Waals surface area contributed by atoms with Crippen LogP contribution >= 0.6 is 0 Å². The van der Waals surface area contributed by atoms with E-state index in [2.05, 4.69) is 26.1 Å². The van der Waals surface area contributed by atoms with Crippen molar-refractivity contribution in [3.8, 4) is 0 Å². The molecule has 1 atom stereocenters. The molecule has 1 fully saturated rings. The third-order valence-corrected chi connectivity index (χ3v) is 3.15. The van der Waals surface area contributed by atoms with E-state index in [1.165, 1.54) is 6.42 Å². The number of rotatable bonds is 4. The van der Waals surface area contributed by atoms with Crippen molar-refractivity contribution in [2.75, 3.05) is 13.1 Å². The minimum Gasteiger partial charge on any atom is -0.351 e. The van der Waals surface area contributed by atoms with Crippen LogP contribution in [-0.4, -0.2) is 36.1 Å². The predicted molar refractivity (Wildman–Crippen MR) is 66.2 cm³/mol. The molecular weight excluding hydrogens is 202 g/mol. The first-order valence-corrected chi connectivity index (χ1v) is 6.29. The normalized spacial score (nSPS) is 20.1. The molecule has 1 unspecified atom stereocenters. The molecule has 1 saturated heterocycles. The summed E-state index contributed by atoms with van der Waals surface area (Å²) in [5.41, 5.74) is 5.25. The first-order valence-electron chi connectivity index (χ1n) is 6.29. The van der Waals surface area contributed by atoms with Gasteiger partial charge in [-0.25, -0.2) is 4.79 Å². The number of carbonyl (C=O) groups is 1. The van der Waals surface area contributed by atoms with Crippen molar-refractivity contribution in [1.82, 2.24) is 10.2 Å². The van der Waals surface area contributed by atoms with Crippen LogP contribution in [0.2, 0.25) is 0 Å². The maximum Gasteiger partial charge on any atom is 0.314 e. The second-order valence-corrected chi connectivity index (χ2v) is 5.30. The molecule has 1 rings (SSSR count). The standard InChI is InChI=1S/C12H25N3O/c1-9(2)8-10(3)14-11-4-6-15(7-5-11)12(13)16/h9-11,14H,4-8H2,1-3H3,(H2,13,16). The van der Waals surface area contributed by atoms with Crippen molar-refractivity contribution >= 4 is 6.03 Å². The molecular formula is C12H25N3O. The Hall–Kier alpha value is -0.770. The number of nitrogens with two attached hydrogens (primary N) is 1. The Morgan fingerprint density at radius 3 is 2.38 bits per heavy atom. The van der Waals surface area contributed by atoms with Gasteiger partial charge in [0.05, 0.1) is 0 Å². The molecule has 3 N–H and O–H groups in total. The number of nitrogens with zero attached hydrogens (tertiary/aromatic N) is 1. The summed E-state index contributed by atoms with van der Waals surface area (Å²) in [5, 5.41) is 3.63. The number of hydrogen-bond donors (Lipinski definition) is 2. The van der Waals surface area contributed by atoms with Crippen LogP contribution in [-0.2, 0) is 0 Å². The van der Waals surface area contributed by atoms with Crippen LogP contribution < -0.4 is 11.1 Å². The highest BCUT2D eigenvalue weighted by Gasteiger charge is 2.22. The minimum absolute atomic E-state index is 0.284. The van der Waals surface area contributed by atoms with E-state index >= 15 is 0 Å². The zero-order valence-electron chi connectivity index (χ0n) is 10.7. The SMILES string of the molecule is CC(C)CC(C)NC1CCN(C(N)=O)CC1. The molecule has 0 aromatic carbocycles. The zero-order valence-corrected chi connectivity index (χ0v) is 10.7. The van der Waals surface area contributed by atoms with Gasteiger partial charge in [0, 0.05) is 25.2 Å². The number of likely N-dealkylation sites (tertiary alicyclic amines) is 1. The maximum absolute atomic E-state index is 11.0. The molecule has 0 aromatic rings. The van der Waals surface area contributed by atoms with Crippen molar-refractivity contribution in [3.63, 3.8) is 0 Å². The first-order chi connectivity index (χ1) is 7.49. The lowest BCUT2D eigenvalue weighted by atomic mass is 10.0. The molecule has 16 heavy (non-hydrogen) atoms. The average molecular weight is 227 g/mol. The number of hydrogen-bond acceptors (Lipinski definition) is 2. The van der Waals surface area contributed by atoms with Crippen molar-refractivity contribution in [2.24, 2.45) is 11.7 Å². The maximum atomic E-state index is 11.0. The Bertz CT molecular complexity index is 222. The van der Waals surface area contributed by atoms with Crippen molar-refractivity contribution in [1.29, 1.82) is 0 Å². The van der Waals surface area contributed by atoms with Crippen LogP contribution in [0.1, 0.15) is 40.0 Å². The fraction of sp³-hybridized carbons (Fsp3) is 0.917. The summed E-state index contributed by atoms with van der Waals surface area (Å²) in [4.78, 5) is 12.7. The highest BCUT2D eigenvalue weighted by Crippen LogP contribution is 2.12. The quantitative estimate of drug-likeness (QED) is 0.765. The van der Waals surface area contributed by atoms with E-state index in [9.17, 15) is 4.79 Å². The fourth-order valence-electron chi connectivity index (χ4n) is 2.44. The fourth-order valence-corrected chi connectivity index (χ4v) is 2.44. The first kappa shape index (κ1) is 13.3. The van der Waals surface area contributed by atoms with E-state index < -0.39 is 0 Å².